The third-order valence-electron chi connectivity index (χ3n) is 11.8. The van der Waals surface area contributed by atoms with E-state index in [-0.39, 0.29) is 0 Å². The fourth-order valence-corrected chi connectivity index (χ4v) is 8.85. The van der Waals surface area contributed by atoms with Gasteiger partial charge < -0.3 is 9.32 Å². The third kappa shape index (κ3) is 5.69. The molecule has 0 radical (unpaired) electrons. The Kier molecular flexibility index (Phi) is 7.82. The second kappa shape index (κ2) is 13.8. The fraction of sp³-hybridized carbons (Fsp3) is 0. The van der Waals surface area contributed by atoms with Crippen LogP contribution in [0, 0.1) is 0 Å². The molecule has 2 heterocycles. The van der Waals surface area contributed by atoms with Crippen LogP contribution < -0.4 is 4.90 Å². The number of rotatable bonds is 6. The van der Waals surface area contributed by atoms with E-state index in [0.717, 1.165) is 105 Å². The van der Waals surface area contributed by atoms with Gasteiger partial charge in [0.05, 0.1) is 22.4 Å². The molecule has 280 valence electrons. The molecule has 0 unspecified atom stereocenters. The Morgan fingerprint density at radius 3 is 1.73 bits per heavy atom. The van der Waals surface area contributed by atoms with Crippen LogP contribution >= 0.6 is 0 Å². The van der Waals surface area contributed by atoms with Crippen LogP contribution in [0.25, 0.3) is 98.9 Å². The number of nitrogens with zero attached hydrogens (tertiary/aromatic N) is 3. The van der Waals surface area contributed by atoms with E-state index in [0.29, 0.717) is 0 Å². The molecular formula is C56H35N3O. The molecule has 0 spiro atoms. The summed E-state index contributed by atoms with van der Waals surface area (Å²) in [5.41, 5.74) is 12.8. The van der Waals surface area contributed by atoms with Gasteiger partial charge in [0.1, 0.15) is 11.2 Å². The van der Waals surface area contributed by atoms with E-state index in [1.165, 1.54) is 10.8 Å². The van der Waals surface area contributed by atoms with Crippen LogP contribution in [0.1, 0.15) is 0 Å². The lowest BCUT2D eigenvalue weighted by Crippen LogP contribution is -2.09. The van der Waals surface area contributed by atoms with E-state index in [1.807, 2.05) is 24.3 Å². The van der Waals surface area contributed by atoms with Gasteiger partial charge in [0.25, 0.3) is 0 Å². The van der Waals surface area contributed by atoms with Gasteiger partial charge in [-0.1, -0.05) is 152 Å². The van der Waals surface area contributed by atoms with Crippen molar-refractivity contribution in [1.29, 1.82) is 0 Å². The van der Waals surface area contributed by atoms with Crippen LogP contribution in [0.3, 0.4) is 0 Å². The first kappa shape index (κ1) is 34.0. The molecule has 0 bridgehead atoms. The molecule has 0 aliphatic heterocycles. The van der Waals surface area contributed by atoms with Crippen molar-refractivity contribution >= 4 is 82.4 Å². The number of hydrogen-bond donors (Lipinski definition) is 0. The van der Waals surface area contributed by atoms with Crippen LogP contribution in [0.5, 0.6) is 0 Å². The Balaban J connectivity index is 0.994. The summed E-state index contributed by atoms with van der Waals surface area (Å²) in [5.74, 6) is 0. The maximum atomic E-state index is 6.37. The van der Waals surface area contributed by atoms with Gasteiger partial charge in [-0.05, 0) is 92.7 Å². The maximum Gasteiger partial charge on any atom is 0.137 e. The summed E-state index contributed by atoms with van der Waals surface area (Å²) in [6, 6.07) is 75.1. The lowest BCUT2D eigenvalue weighted by molar-refractivity contribution is 0.669. The van der Waals surface area contributed by atoms with E-state index in [4.69, 9.17) is 14.4 Å². The van der Waals surface area contributed by atoms with E-state index < -0.39 is 0 Å². The highest BCUT2D eigenvalue weighted by Crippen LogP contribution is 2.41. The largest absolute Gasteiger partial charge is 0.456 e. The minimum atomic E-state index is 0.865. The molecule has 4 heteroatoms. The van der Waals surface area contributed by atoms with Crippen molar-refractivity contribution in [2.24, 2.45) is 0 Å². The smallest absolute Gasteiger partial charge is 0.137 e. The molecule has 0 atom stereocenters. The minimum absolute atomic E-state index is 0.865. The van der Waals surface area contributed by atoms with Crippen LogP contribution in [0.15, 0.2) is 217 Å². The SMILES string of the molecule is c1ccc(-c2nc3ccc4ccc5ccc(-c6ccc(N(c7ccc8ccccc8c7)c7ccc8c(c7)oc7ccccc78)cc6)cc5c4c3nc2-c2ccccc2)cc1. The highest BCUT2D eigenvalue weighted by atomic mass is 16.3. The Morgan fingerprint density at radius 1 is 0.333 bits per heavy atom. The van der Waals surface area contributed by atoms with Crippen molar-refractivity contribution in [1.82, 2.24) is 9.97 Å². The van der Waals surface area contributed by atoms with Gasteiger partial charge in [-0.25, -0.2) is 9.97 Å². The zero-order chi connectivity index (χ0) is 39.6. The first-order valence-corrected chi connectivity index (χ1v) is 20.3. The number of hydrogen-bond acceptors (Lipinski definition) is 4. The van der Waals surface area contributed by atoms with Gasteiger partial charge >= 0.3 is 0 Å². The van der Waals surface area contributed by atoms with E-state index in [9.17, 15) is 0 Å². The Labute approximate surface area is 346 Å². The molecule has 0 fully saturated rings. The summed E-state index contributed by atoms with van der Waals surface area (Å²) in [6.45, 7) is 0. The molecule has 0 aliphatic rings. The summed E-state index contributed by atoms with van der Waals surface area (Å²) in [5, 5.41) is 9.18. The zero-order valence-electron chi connectivity index (χ0n) is 32.5. The topological polar surface area (TPSA) is 42.2 Å². The molecule has 0 saturated carbocycles. The molecule has 12 aromatic rings. The van der Waals surface area contributed by atoms with Gasteiger partial charge in [-0.2, -0.15) is 0 Å². The standard InChI is InChI=1S/C56H35N3O/c1-3-12-40(13-4-1)54-55(41-14-5-2-6-15-41)58-56-50(57-54)32-26-39-21-19-38-20-22-43(34-49(38)53(39)56)37-23-27-44(28-24-37)59(45-29-25-36-11-7-8-16-42(36)33-45)46-30-31-48-47-17-9-10-18-51(47)60-52(48)35-46/h1-35H. The second-order valence-electron chi connectivity index (χ2n) is 15.4. The van der Waals surface area contributed by atoms with E-state index >= 15 is 0 Å². The first-order valence-electron chi connectivity index (χ1n) is 20.3. The van der Waals surface area contributed by atoms with Crippen LogP contribution in [-0.4, -0.2) is 9.97 Å². The number of para-hydroxylation sites is 1. The minimum Gasteiger partial charge on any atom is -0.456 e. The van der Waals surface area contributed by atoms with Crippen molar-refractivity contribution in [3.8, 4) is 33.6 Å². The van der Waals surface area contributed by atoms with E-state index in [2.05, 4.69) is 193 Å². The molecule has 0 aliphatic carbocycles. The summed E-state index contributed by atoms with van der Waals surface area (Å²) in [6.07, 6.45) is 0. The predicted octanol–water partition coefficient (Wildman–Crippen LogP) is 15.5. The van der Waals surface area contributed by atoms with Crippen molar-refractivity contribution in [3.05, 3.63) is 212 Å². The Morgan fingerprint density at radius 2 is 0.917 bits per heavy atom. The van der Waals surface area contributed by atoms with Crippen LogP contribution in [-0.2, 0) is 0 Å². The molecule has 10 aromatic carbocycles. The van der Waals surface area contributed by atoms with Crippen LogP contribution in [0.2, 0.25) is 0 Å². The average Bonchev–Trinajstić information content (AvgIpc) is 3.69. The number of aromatic nitrogens is 2. The monoisotopic (exact) mass is 765 g/mol. The number of furan rings is 1. The lowest BCUT2D eigenvalue weighted by Gasteiger charge is -2.26. The average molecular weight is 766 g/mol. The fourth-order valence-electron chi connectivity index (χ4n) is 8.85. The first-order chi connectivity index (χ1) is 29.7. The van der Waals surface area contributed by atoms with E-state index in [1.54, 1.807) is 0 Å². The second-order valence-corrected chi connectivity index (χ2v) is 15.4. The highest BCUT2D eigenvalue weighted by molar-refractivity contribution is 6.19. The van der Waals surface area contributed by atoms with Crippen molar-refractivity contribution in [2.75, 3.05) is 4.90 Å². The molecule has 0 N–H and O–H groups in total. The zero-order valence-corrected chi connectivity index (χ0v) is 32.5. The van der Waals surface area contributed by atoms with Crippen molar-refractivity contribution < 1.29 is 4.42 Å². The maximum absolute atomic E-state index is 6.37. The summed E-state index contributed by atoms with van der Waals surface area (Å²) in [4.78, 5) is 13.1. The quantitative estimate of drug-likeness (QED) is 0.158. The number of anilines is 3. The molecule has 0 amide bonds. The van der Waals surface area contributed by atoms with Gasteiger partial charge in [0.15, 0.2) is 0 Å². The van der Waals surface area contributed by atoms with Crippen molar-refractivity contribution in [2.45, 2.75) is 0 Å². The van der Waals surface area contributed by atoms with Crippen LogP contribution in [0.4, 0.5) is 17.1 Å². The van der Waals surface area contributed by atoms with Gasteiger partial charge in [0, 0.05) is 50.4 Å². The Hall–Kier alpha value is -8.08. The normalized spacial score (nSPS) is 11.7. The van der Waals surface area contributed by atoms with Gasteiger partial charge in [-0.3, -0.25) is 0 Å². The lowest BCUT2D eigenvalue weighted by atomic mass is 9.95. The molecule has 60 heavy (non-hydrogen) atoms. The summed E-state index contributed by atoms with van der Waals surface area (Å²) >= 11 is 0. The molecular weight excluding hydrogens is 731 g/mol. The predicted molar refractivity (Wildman–Crippen MR) is 250 cm³/mol. The van der Waals surface area contributed by atoms with Crippen molar-refractivity contribution in [3.63, 3.8) is 0 Å². The molecule has 4 nitrogen and oxygen atoms in total. The number of benzene rings is 10. The van der Waals surface area contributed by atoms with Gasteiger partial charge in [0.2, 0.25) is 0 Å². The summed E-state index contributed by atoms with van der Waals surface area (Å²) < 4.78 is 6.37. The van der Waals surface area contributed by atoms with Gasteiger partial charge in [-0.15, -0.1) is 0 Å². The molecule has 2 aromatic heterocycles. The highest BCUT2D eigenvalue weighted by Gasteiger charge is 2.18. The Bertz CT molecular complexity index is 3600. The molecule has 0 saturated heterocycles. The molecule has 12 rings (SSSR count). The summed E-state index contributed by atoms with van der Waals surface area (Å²) in [7, 11) is 0. The third-order valence-corrected chi connectivity index (χ3v) is 11.8. The number of fused-ring (bicyclic) bond motifs is 9.